The molecule has 1 aromatic heterocycles. The van der Waals surface area contributed by atoms with Crippen molar-refractivity contribution in [2.75, 3.05) is 0 Å². The van der Waals surface area contributed by atoms with Gasteiger partial charge in [-0.1, -0.05) is 11.6 Å². The van der Waals surface area contributed by atoms with Crippen LogP contribution in [0.1, 0.15) is 43.5 Å². The van der Waals surface area contributed by atoms with E-state index in [4.69, 9.17) is 11.6 Å². The maximum absolute atomic E-state index is 10.8. The summed E-state index contributed by atoms with van der Waals surface area (Å²) in [5, 5.41) is 20.6. The van der Waals surface area contributed by atoms with Crippen molar-refractivity contribution in [2.45, 2.75) is 47.7 Å². The third kappa shape index (κ3) is 2.59. The second-order valence-corrected chi connectivity index (χ2v) is 7.11. The highest BCUT2D eigenvalue weighted by atomic mass is 35.5. The molecule has 0 unspecified atom stereocenters. The van der Waals surface area contributed by atoms with Crippen molar-refractivity contribution < 1.29 is 4.92 Å². The van der Waals surface area contributed by atoms with E-state index in [0.717, 1.165) is 15.9 Å². The summed E-state index contributed by atoms with van der Waals surface area (Å²) in [7, 11) is 0. The van der Waals surface area contributed by atoms with Gasteiger partial charge < -0.3 is 4.57 Å². The van der Waals surface area contributed by atoms with Crippen LogP contribution in [0.25, 0.3) is 0 Å². The molecule has 2 aliphatic carbocycles. The topological polar surface area (TPSA) is 73.8 Å². The number of nitro groups is 1. The molecular formula is C14H13ClN4O2S. The Labute approximate surface area is 136 Å². The first kappa shape index (κ1) is 14.0. The summed E-state index contributed by atoms with van der Waals surface area (Å²) in [5.74, 6) is 1.64. The van der Waals surface area contributed by atoms with Crippen LogP contribution in [0.15, 0.2) is 28.3 Å². The fourth-order valence-corrected chi connectivity index (χ4v) is 3.64. The Kier molecular flexibility index (Phi) is 3.34. The molecule has 1 aromatic carbocycles. The molecule has 8 heteroatoms. The highest BCUT2D eigenvalue weighted by Crippen LogP contribution is 2.47. The first-order valence-electron chi connectivity index (χ1n) is 7.20. The Hall–Kier alpha value is -1.60. The van der Waals surface area contributed by atoms with Gasteiger partial charge in [0.05, 0.1) is 9.95 Å². The fraction of sp³-hybridized carbons (Fsp3) is 0.429. The summed E-state index contributed by atoms with van der Waals surface area (Å²) in [6.07, 6.45) is 4.71. The van der Waals surface area contributed by atoms with Gasteiger partial charge in [-0.15, -0.1) is 10.2 Å². The van der Waals surface area contributed by atoms with Crippen LogP contribution >= 0.6 is 23.4 Å². The number of hydrogen-bond donors (Lipinski definition) is 0. The number of nitrogens with zero attached hydrogens (tertiary/aromatic N) is 4. The molecule has 0 aliphatic heterocycles. The first-order valence-corrected chi connectivity index (χ1v) is 8.39. The molecule has 2 fully saturated rings. The van der Waals surface area contributed by atoms with Crippen LogP contribution in [-0.4, -0.2) is 19.7 Å². The van der Waals surface area contributed by atoms with Crippen LogP contribution in [0.4, 0.5) is 5.69 Å². The van der Waals surface area contributed by atoms with Crippen molar-refractivity contribution in [3.05, 3.63) is 39.2 Å². The largest absolute Gasteiger partial charge is 0.302 e. The molecule has 0 N–H and O–H groups in total. The molecule has 114 valence electrons. The molecule has 22 heavy (non-hydrogen) atoms. The minimum absolute atomic E-state index is 0.00307. The monoisotopic (exact) mass is 336 g/mol. The van der Waals surface area contributed by atoms with Crippen LogP contribution in [0, 0.1) is 10.1 Å². The molecule has 4 rings (SSSR count). The second-order valence-electron chi connectivity index (χ2n) is 5.69. The van der Waals surface area contributed by atoms with Gasteiger partial charge in [-0.3, -0.25) is 10.1 Å². The zero-order valence-corrected chi connectivity index (χ0v) is 13.2. The van der Waals surface area contributed by atoms with Crippen molar-refractivity contribution >= 4 is 29.1 Å². The quantitative estimate of drug-likeness (QED) is 0.604. The molecular weight excluding hydrogens is 324 g/mol. The lowest BCUT2D eigenvalue weighted by Crippen LogP contribution is -2.01. The smallest absolute Gasteiger partial charge is 0.270 e. The van der Waals surface area contributed by atoms with E-state index in [9.17, 15) is 10.1 Å². The van der Waals surface area contributed by atoms with Gasteiger partial charge in [0.15, 0.2) is 5.16 Å². The predicted octanol–water partition coefficient (Wildman–Crippen LogP) is 4.20. The molecule has 1 heterocycles. The molecule has 2 aliphatic rings. The number of hydrogen-bond acceptors (Lipinski definition) is 5. The summed E-state index contributed by atoms with van der Waals surface area (Å²) in [4.78, 5) is 11.1. The number of halogens is 1. The van der Waals surface area contributed by atoms with Crippen molar-refractivity contribution in [1.82, 2.24) is 14.8 Å². The minimum Gasteiger partial charge on any atom is -0.302 e. The highest BCUT2D eigenvalue weighted by molar-refractivity contribution is 7.99. The number of rotatable bonds is 5. The van der Waals surface area contributed by atoms with E-state index in [0.29, 0.717) is 17.0 Å². The number of benzene rings is 1. The summed E-state index contributed by atoms with van der Waals surface area (Å²) >= 11 is 7.60. The Bertz CT molecular complexity index is 755. The molecule has 6 nitrogen and oxygen atoms in total. The number of nitro benzene ring substituents is 1. The van der Waals surface area contributed by atoms with Gasteiger partial charge >= 0.3 is 0 Å². The van der Waals surface area contributed by atoms with Crippen molar-refractivity contribution in [3.63, 3.8) is 0 Å². The van der Waals surface area contributed by atoms with E-state index < -0.39 is 4.92 Å². The van der Waals surface area contributed by atoms with Gasteiger partial charge in [0.1, 0.15) is 5.82 Å². The fourth-order valence-electron chi connectivity index (χ4n) is 2.44. The van der Waals surface area contributed by atoms with Crippen molar-refractivity contribution in [3.8, 4) is 0 Å². The average molecular weight is 337 g/mol. The average Bonchev–Trinajstić information content (AvgIpc) is 3.40. The molecule has 2 aromatic rings. The number of aromatic nitrogens is 3. The second kappa shape index (κ2) is 5.24. The zero-order chi connectivity index (χ0) is 15.3. The van der Waals surface area contributed by atoms with E-state index in [2.05, 4.69) is 14.8 Å². The lowest BCUT2D eigenvalue weighted by molar-refractivity contribution is -0.384. The van der Waals surface area contributed by atoms with Gasteiger partial charge in [-0.2, -0.15) is 0 Å². The lowest BCUT2D eigenvalue weighted by Gasteiger charge is -2.08. The summed E-state index contributed by atoms with van der Waals surface area (Å²) in [6, 6.07) is 5.02. The third-order valence-corrected chi connectivity index (χ3v) is 5.33. The van der Waals surface area contributed by atoms with Crippen LogP contribution in [-0.2, 0) is 0 Å². The maximum Gasteiger partial charge on any atom is 0.270 e. The van der Waals surface area contributed by atoms with Crippen LogP contribution in [0.3, 0.4) is 0 Å². The Morgan fingerprint density at radius 2 is 2.05 bits per heavy atom. The first-order chi connectivity index (χ1) is 10.6. The van der Waals surface area contributed by atoms with Gasteiger partial charge in [0.2, 0.25) is 0 Å². The summed E-state index contributed by atoms with van der Waals surface area (Å²) < 4.78 is 2.24. The molecule has 0 radical (unpaired) electrons. The molecule has 0 saturated heterocycles. The highest BCUT2D eigenvalue weighted by Gasteiger charge is 2.36. The van der Waals surface area contributed by atoms with E-state index in [1.54, 1.807) is 6.07 Å². The summed E-state index contributed by atoms with van der Waals surface area (Å²) in [5.41, 5.74) is -0.00307. The Balaban J connectivity index is 1.65. The molecule has 2 saturated carbocycles. The van der Waals surface area contributed by atoms with Gasteiger partial charge in [0, 0.05) is 29.0 Å². The Morgan fingerprint density at radius 3 is 2.64 bits per heavy atom. The maximum atomic E-state index is 10.8. The van der Waals surface area contributed by atoms with Crippen LogP contribution < -0.4 is 0 Å². The van der Waals surface area contributed by atoms with Crippen molar-refractivity contribution in [2.24, 2.45) is 0 Å². The van der Waals surface area contributed by atoms with Crippen molar-refractivity contribution in [1.29, 1.82) is 0 Å². The third-order valence-electron chi connectivity index (χ3n) is 3.87. The normalized spacial score (nSPS) is 17.7. The number of non-ortho nitro benzene ring substituents is 1. The van der Waals surface area contributed by atoms with E-state index in [1.807, 2.05) is 0 Å². The standard InChI is InChI=1S/C14H13ClN4O2S/c15-11-7-10(19(20)21)5-6-12(11)22-14-17-16-13(8-1-2-8)18(14)9-3-4-9/h5-9H,1-4H2. The van der Waals surface area contributed by atoms with Crippen LogP contribution in [0.2, 0.25) is 5.02 Å². The van der Waals surface area contributed by atoms with Gasteiger partial charge in [-0.05, 0) is 43.5 Å². The van der Waals surface area contributed by atoms with Crippen LogP contribution in [0.5, 0.6) is 0 Å². The minimum atomic E-state index is -0.446. The van der Waals surface area contributed by atoms with Gasteiger partial charge in [0.25, 0.3) is 5.69 Å². The van der Waals surface area contributed by atoms with Gasteiger partial charge in [-0.25, -0.2) is 0 Å². The molecule has 0 amide bonds. The molecule has 0 atom stereocenters. The SMILES string of the molecule is O=[N+]([O-])c1ccc(Sc2nnc(C3CC3)n2C2CC2)c(Cl)c1. The molecule has 0 spiro atoms. The lowest BCUT2D eigenvalue weighted by atomic mass is 10.3. The predicted molar refractivity (Wildman–Crippen MR) is 82.5 cm³/mol. The molecule has 0 bridgehead atoms. The van der Waals surface area contributed by atoms with E-state index in [1.165, 1.54) is 49.6 Å². The summed E-state index contributed by atoms with van der Waals surface area (Å²) in [6.45, 7) is 0. The zero-order valence-electron chi connectivity index (χ0n) is 11.6. The van der Waals surface area contributed by atoms with E-state index in [-0.39, 0.29) is 5.69 Å². The van der Waals surface area contributed by atoms with E-state index >= 15 is 0 Å². The Morgan fingerprint density at radius 1 is 1.27 bits per heavy atom.